The molecule has 0 aliphatic heterocycles. The van der Waals surface area contributed by atoms with Gasteiger partial charge in [0.1, 0.15) is 5.69 Å². The highest BCUT2D eigenvalue weighted by molar-refractivity contribution is 5.98. The summed E-state index contributed by atoms with van der Waals surface area (Å²) in [5.41, 5.74) is 2.03. The molecule has 8 nitrogen and oxygen atoms in total. The lowest BCUT2D eigenvalue weighted by Crippen LogP contribution is -2.26. The number of carbonyl (C=O) groups excluding carboxylic acids is 2. The van der Waals surface area contributed by atoms with Gasteiger partial charge in [-0.05, 0) is 31.2 Å². The number of aryl methyl sites for hydroxylation is 1. The van der Waals surface area contributed by atoms with E-state index >= 15 is 0 Å². The fraction of sp³-hybridized carbons (Fsp3) is 0.130. The van der Waals surface area contributed by atoms with Crippen LogP contribution in [-0.2, 0) is 9.53 Å². The smallest absolute Gasteiger partial charge is 0.339 e. The Kier molecular flexibility index (Phi) is 6.61. The second-order valence-electron chi connectivity index (χ2n) is 6.79. The Morgan fingerprint density at radius 1 is 1.00 bits per heavy atom. The number of esters is 1. The van der Waals surface area contributed by atoms with E-state index in [1.165, 1.54) is 12.1 Å². The molecule has 0 fully saturated rings. The van der Waals surface area contributed by atoms with E-state index in [0.29, 0.717) is 11.3 Å². The highest BCUT2D eigenvalue weighted by Crippen LogP contribution is 2.27. The van der Waals surface area contributed by atoms with E-state index in [0.717, 1.165) is 11.6 Å². The van der Waals surface area contributed by atoms with Crippen LogP contribution in [-0.4, -0.2) is 23.8 Å². The molecule has 0 saturated heterocycles. The summed E-state index contributed by atoms with van der Waals surface area (Å²) in [5, 5.41) is 16.7. The van der Waals surface area contributed by atoms with Crippen LogP contribution in [0.1, 0.15) is 27.6 Å². The second-order valence-corrected chi connectivity index (χ2v) is 6.79. The van der Waals surface area contributed by atoms with Gasteiger partial charge in [0, 0.05) is 24.4 Å². The largest absolute Gasteiger partial charge is 0.444 e. The van der Waals surface area contributed by atoms with E-state index in [9.17, 15) is 19.7 Å². The van der Waals surface area contributed by atoms with Crippen LogP contribution >= 0.6 is 0 Å². The summed E-state index contributed by atoms with van der Waals surface area (Å²) in [6.45, 7) is 1.93. The summed E-state index contributed by atoms with van der Waals surface area (Å²) in [4.78, 5) is 36.4. The van der Waals surface area contributed by atoms with Crippen molar-refractivity contribution in [1.82, 2.24) is 0 Å². The molecule has 0 aromatic heterocycles. The van der Waals surface area contributed by atoms with Gasteiger partial charge in [-0.3, -0.25) is 14.9 Å². The normalized spacial score (nSPS) is 11.3. The molecule has 1 amide bonds. The van der Waals surface area contributed by atoms with Gasteiger partial charge in [-0.25, -0.2) is 4.79 Å². The standard InChI is InChI=1S/C23H21N3O5/c1-15-8-11-18(12-9-15)25-22(27)21(16-6-4-3-5-7-16)31-23(28)17-10-13-19(24-2)20(14-17)26(29)30/h3-14,21,24H,1-2H3,(H,25,27). The molecule has 0 aliphatic rings. The number of nitro benzene ring substituents is 1. The minimum absolute atomic E-state index is 0.0326. The van der Waals surface area contributed by atoms with Crippen LogP contribution in [0.25, 0.3) is 0 Å². The van der Waals surface area contributed by atoms with Crippen LogP contribution < -0.4 is 10.6 Å². The van der Waals surface area contributed by atoms with E-state index in [-0.39, 0.29) is 16.9 Å². The van der Waals surface area contributed by atoms with Crippen LogP contribution in [0.2, 0.25) is 0 Å². The average molecular weight is 419 g/mol. The van der Waals surface area contributed by atoms with E-state index in [1.807, 2.05) is 19.1 Å². The molecule has 0 saturated carbocycles. The zero-order chi connectivity index (χ0) is 22.4. The minimum Gasteiger partial charge on any atom is -0.444 e. The maximum atomic E-state index is 12.9. The zero-order valence-electron chi connectivity index (χ0n) is 17.0. The van der Waals surface area contributed by atoms with Crippen LogP contribution in [0.4, 0.5) is 17.1 Å². The maximum Gasteiger partial charge on any atom is 0.339 e. The third-order valence-electron chi connectivity index (χ3n) is 4.58. The van der Waals surface area contributed by atoms with Gasteiger partial charge in [0.05, 0.1) is 10.5 Å². The molecule has 2 N–H and O–H groups in total. The number of hydrogen-bond acceptors (Lipinski definition) is 6. The third-order valence-corrected chi connectivity index (χ3v) is 4.58. The topological polar surface area (TPSA) is 111 Å². The molecule has 158 valence electrons. The molecule has 0 radical (unpaired) electrons. The molecular formula is C23H21N3O5. The lowest BCUT2D eigenvalue weighted by Gasteiger charge is -2.18. The highest BCUT2D eigenvalue weighted by atomic mass is 16.6. The quantitative estimate of drug-likeness (QED) is 0.332. The first-order valence-corrected chi connectivity index (χ1v) is 9.48. The van der Waals surface area contributed by atoms with Crippen LogP contribution in [0.3, 0.4) is 0 Å². The van der Waals surface area contributed by atoms with Gasteiger partial charge >= 0.3 is 5.97 Å². The maximum absolute atomic E-state index is 12.9. The van der Waals surface area contributed by atoms with Crippen molar-refractivity contribution in [3.8, 4) is 0 Å². The van der Waals surface area contributed by atoms with Gasteiger partial charge in [0.2, 0.25) is 6.10 Å². The number of ether oxygens (including phenoxy) is 1. The molecule has 31 heavy (non-hydrogen) atoms. The van der Waals surface area contributed by atoms with Crippen molar-refractivity contribution in [2.24, 2.45) is 0 Å². The van der Waals surface area contributed by atoms with Gasteiger partial charge in [-0.2, -0.15) is 0 Å². The second kappa shape index (κ2) is 9.53. The van der Waals surface area contributed by atoms with Crippen LogP contribution in [0.5, 0.6) is 0 Å². The molecule has 0 aliphatic carbocycles. The predicted octanol–water partition coefficient (Wildman–Crippen LogP) is 4.48. The monoisotopic (exact) mass is 419 g/mol. The predicted molar refractivity (Wildman–Crippen MR) is 117 cm³/mol. The van der Waals surface area contributed by atoms with Gasteiger partial charge < -0.3 is 15.4 Å². The number of benzene rings is 3. The Hall–Kier alpha value is -4.20. The molecule has 1 atom stereocenters. The minimum atomic E-state index is -1.24. The molecule has 1 unspecified atom stereocenters. The molecule has 3 aromatic rings. The number of anilines is 2. The van der Waals surface area contributed by atoms with E-state index in [2.05, 4.69) is 10.6 Å². The van der Waals surface area contributed by atoms with Crippen molar-refractivity contribution in [3.05, 3.63) is 99.6 Å². The Balaban J connectivity index is 1.87. The molecule has 3 rings (SSSR count). The van der Waals surface area contributed by atoms with Crippen LogP contribution in [0, 0.1) is 17.0 Å². The molecule has 0 spiro atoms. The Bertz CT molecular complexity index is 1100. The zero-order valence-corrected chi connectivity index (χ0v) is 17.0. The van der Waals surface area contributed by atoms with Gasteiger partial charge in [0.15, 0.2) is 0 Å². The van der Waals surface area contributed by atoms with Gasteiger partial charge in [-0.1, -0.05) is 48.0 Å². The van der Waals surface area contributed by atoms with Crippen molar-refractivity contribution in [3.63, 3.8) is 0 Å². The van der Waals surface area contributed by atoms with Crippen molar-refractivity contribution in [1.29, 1.82) is 0 Å². The van der Waals surface area contributed by atoms with Crippen LogP contribution in [0.15, 0.2) is 72.8 Å². The Morgan fingerprint density at radius 2 is 1.68 bits per heavy atom. The summed E-state index contributed by atoms with van der Waals surface area (Å²) >= 11 is 0. The fourth-order valence-corrected chi connectivity index (χ4v) is 2.94. The van der Waals surface area contributed by atoms with Crippen molar-refractivity contribution in [2.75, 3.05) is 17.7 Å². The van der Waals surface area contributed by atoms with Gasteiger partial charge in [0.25, 0.3) is 11.6 Å². The first-order valence-electron chi connectivity index (χ1n) is 9.48. The molecular weight excluding hydrogens is 398 g/mol. The first-order chi connectivity index (χ1) is 14.9. The van der Waals surface area contributed by atoms with Crippen molar-refractivity contribution in [2.45, 2.75) is 13.0 Å². The summed E-state index contributed by atoms with van der Waals surface area (Å²) < 4.78 is 5.49. The summed E-state index contributed by atoms with van der Waals surface area (Å²) in [5.74, 6) is -1.39. The summed E-state index contributed by atoms with van der Waals surface area (Å²) in [6, 6.07) is 19.7. The first kappa shape index (κ1) is 21.5. The van der Waals surface area contributed by atoms with E-state index < -0.39 is 22.9 Å². The molecule has 0 heterocycles. The molecule has 3 aromatic carbocycles. The lowest BCUT2D eigenvalue weighted by atomic mass is 10.1. The lowest BCUT2D eigenvalue weighted by molar-refractivity contribution is -0.384. The number of amides is 1. The Labute approximate surface area is 179 Å². The molecule has 8 heteroatoms. The number of rotatable bonds is 7. The number of carbonyl (C=O) groups is 2. The number of hydrogen-bond donors (Lipinski definition) is 2. The number of nitrogens with one attached hydrogen (secondary N) is 2. The fourth-order valence-electron chi connectivity index (χ4n) is 2.94. The third kappa shape index (κ3) is 5.24. The summed E-state index contributed by atoms with van der Waals surface area (Å²) in [6.07, 6.45) is -1.24. The van der Waals surface area contributed by atoms with Crippen molar-refractivity contribution < 1.29 is 19.2 Å². The summed E-state index contributed by atoms with van der Waals surface area (Å²) in [7, 11) is 1.54. The number of nitro groups is 1. The molecule has 0 bridgehead atoms. The van der Waals surface area contributed by atoms with E-state index in [1.54, 1.807) is 49.5 Å². The van der Waals surface area contributed by atoms with E-state index in [4.69, 9.17) is 4.74 Å². The highest BCUT2D eigenvalue weighted by Gasteiger charge is 2.27. The van der Waals surface area contributed by atoms with Crippen molar-refractivity contribution >= 4 is 28.9 Å². The number of nitrogens with zero attached hydrogens (tertiary/aromatic N) is 1. The van der Waals surface area contributed by atoms with Gasteiger partial charge in [-0.15, -0.1) is 0 Å². The Morgan fingerprint density at radius 3 is 2.29 bits per heavy atom. The average Bonchev–Trinajstić information content (AvgIpc) is 2.78. The SMILES string of the molecule is CNc1ccc(C(=O)OC(C(=O)Nc2ccc(C)cc2)c2ccccc2)cc1[N+](=O)[O-].